The van der Waals surface area contributed by atoms with E-state index in [1.165, 1.54) is 11.0 Å². The number of aromatic nitrogens is 3. The lowest BCUT2D eigenvalue weighted by Crippen LogP contribution is -2.32. The number of hydrogen-bond donors (Lipinski definition) is 2. The summed E-state index contributed by atoms with van der Waals surface area (Å²) in [5, 5.41) is 14.0. The van der Waals surface area contributed by atoms with Gasteiger partial charge >= 0.3 is 0 Å². The number of H-pyrrole nitrogens is 1. The van der Waals surface area contributed by atoms with E-state index in [4.69, 9.17) is 4.52 Å². The molecule has 2 N–H and O–H groups in total. The third-order valence-electron chi connectivity index (χ3n) is 5.15. The molecule has 2 aliphatic rings. The Morgan fingerprint density at radius 2 is 2.07 bits per heavy atom. The van der Waals surface area contributed by atoms with Gasteiger partial charge in [-0.1, -0.05) is 5.16 Å². The molecule has 0 spiro atoms. The van der Waals surface area contributed by atoms with E-state index >= 15 is 0 Å². The summed E-state index contributed by atoms with van der Waals surface area (Å²) >= 11 is 0. The molecule has 2 aromatic heterocycles. The molecule has 2 atom stereocenters. The van der Waals surface area contributed by atoms with Gasteiger partial charge in [-0.15, -0.1) is 0 Å². The first-order valence-electron chi connectivity index (χ1n) is 8.80. The molecule has 27 heavy (non-hydrogen) atoms. The number of amides is 1. The molecule has 1 saturated carbocycles. The highest BCUT2D eigenvalue weighted by Crippen LogP contribution is 2.40. The van der Waals surface area contributed by atoms with Crippen molar-refractivity contribution in [1.29, 1.82) is 0 Å². The Morgan fingerprint density at radius 1 is 1.30 bits per heavy atom. The molecule has 7 nitrogen and oxygen atoms in total. The molecular formula is C18H16F2N4O3. The predicted octanol–water partition coefficient (Wildman–Crippen LogP) is 2.65. The number of nitrogens with one attached hydrogen (secondary N) is 1. The summed E-state index contributed by atoms with van der Waals surface area (Å²) in [7, 11) is 0. The van der Waals surface area contributed by atoms with Crippen molar-refractivity contribution in [2.24, 2.45) is 0 Å². The maximum absolute atomic E-state index is 13.9. The number of aliphatic hydroxyl groups excluding tert-OH is 1. The highest BCUT2D eigenvalue weighted by molar-refractivity contribution is 5.98. The number of benzene rings is 1. The third-order valence-corrected chi connectivity index (χ3v) is 5.15. The molecule has 3 heterocycles. The number of carbonyl (C=O) groups is 1. The number of halogens is 2. The number of β-amino-alcohol motifs (C(OH)–C–C–N with tert-alkyl or cyclic N) is 1. The third kappa shape index (κ3) is 2.69. The number of carbonyl (C=O) groups excluding carboxylic acids is 1. The van der Waals surface area contributed by atoms with Crippen LogP contribution < -0.4 is 0 Å². The van der Waals surface area contributed by atoms with Gasteiger partial charge in [0.25, 0.3) is 5.91 Å². The van der Waals surface area contributed by atoms with Gasteiger partial charge in [0.15, 0.2) is 5.82 Å². The van der Waals surface area contributed by atoms with Crippen LogP contribution in [0.2, 0.25) is 0 Å². The average Bonchev–Trinajstić information content (AvgIpc) is 3.09. The molecule has 2 fully saturated rings. The fraction of sp³-hybridized carbons (Fsp3) is 0.389. The lowest BCUT2D eigenvalue weighted by molar-refractivity contribution is 0.0688. The number of aromatic amines is 1. The molecule has 1 aliphatic heterocycles. The van der Waals surface area contributed by atoms with Crippen LogP contribution in [0.15, 0.2) is 22.7 Å². The van der Waals surface area contributed by atoms with Crippen LogP contribution in [0.1, 0.15) is 53.4 Å². The second-order valence-corrected chi connectivity index (χ2v) is 7.13. The molecule has 9 heteroatoms. The Hall–Kier alpha value is -2.81. The molecule has 1 amide bonds. The summed E-state index contributed by atoms with van der Waals surface area (Å²) in [5.74, 6) is -0.556. The van der Waals surface area contributed by atoms with Gasteiger partial charge in [-0.2, -0.15) is 4.98 Å². The van der Waals surface area contributed by atoms with Gasteiger partial charge in [-0.25, -0.2) is 8.78 Å². The largest absolute Gasteiger partial charge is 0.391 e. The van der Waals surface area contributed by atoms with E-state index in [-0.39, 0.29) is 35.5 Å². The molecular weight excluding hydrogens is 358 g/mol. The Bertz CT molecular complexity index is 1000. The van der Waals surface area contributed by atoms with Crippen LogP contribution in [0.4, 0.5) is 8.78 Å². The van der Waals surface area contributed by atoms with Gasteiger partial charge in [-0.3, -0.25) is 4.79 Å². The minimum absolute atomic E-state index is 0.00320. The summed E-state index contributed by atoms with van der Waals surface area (Å²) in [6.45, 7) is 0.0744. The molecule has 1 aromatic carbocycles. The van der Waals surface area contributed by atoms with Crippen LogP contribution >= 0.6 is 0 Å². The van der Waals surface area contributed by atoms with Crippen molar-refractivity contribution >= 4 is 16.8 Å². The van der Waals surface area contributed by atoms with E-state index in [1.807, 2.05) is 0 Å². The van der Waals surface area contributed by atoms with Crippen molar-refractivity contribution in [2.45, 2.75) is 37.3 Å². The zero-order valence-electron chi connectivity index (χ0n) is 14.2. The van der Waals surface area contributed by atoms with E-state index in [0.717, 1.165) is 25.0 Å². The summed E-state index contributed by atoms with van der Waals surface area (Å²) in [5.41, 5.74) is -0.0292. The second-order valence-electron chi connectivity index (χ2n) is 7.13. The molecule has 1 saturated heterocycles. The topological polar surface area (TPSA) is 95.2 Å². The number of likely N-dealkylation sites (tertiary alicyclic amines) is 1. The van der Waals surface area contributed by atoms with Crippen molar-refractivity contribution in [3.05, 3.63) is 47.2 Å². The van der Waals surface area contributed by atoms with Crippen molar-refractivity contribution < 1.29 is 23.2 Å². The number of hydrogen-bond acceptors (Lipinski definition) is 5. The number of fused-ring (bicyclic) bond motifs is 1. The lowest BCUT2D eigenvalue weighted by Gasteiger charge is -2.20. The van der Waals surface area contributed by atoms with Crippen molar-refractivity contribution in [2.75, 3.05) is 6.54 Å². The average molecular weight is 374 g/mol. The first-order valence-corrected chi connectivity index (χ1v) is 8.80. The molecule has 0 unspecified atom stereocenters. The van der Waals surface area contributed by atoms with Gasteiger partial charge in [0.05, 0.1) is 11.6 Å². The van der Waals surface area contributed by atoms with Crippen LogP contribution in [0.3, 0.4) is 0 Å². The summed E-state index contributed by atoms with van der Waals surface area (Å²) in [6, 6.07) is 2.72. The minimum atomic E-state index is -0.743. The summed E-state index contributed by atoms with van der Waals surface area (Å²) in [4.78, 5) is 21.4. The SMILES string of the molecule is O=C(c1cc2c(F)ccc(F)c2[nH]1)N1C[C@H](O)C[C@H]1c1nc(C2CC2)no1. The van der Waals surface area contributed by atoms with Gasteiger partial charge < -0.3 is 19.5 Å². The highest BCUT2D eigenvalue weighted by atomic mass is 19.1. The maximum atomic E-state index is 13.9. The monoisotopic (exact) mass is 374 g/mol. The van der Waals surface area contributed by atoms with Crippen LogP contribution in [0, 0.1) is 11.6 Å². The fourth-order valence-electron chi connectivity index (χ4n) is 3.58. The minimum Gasteiger partial charge on any atom is -0.391 e. The van der Waals surface area contributed by atoms with Crippen LogP contribution in [-0.4, -0.2) is 43.7 Å². The highest BCUT2D eigenvalue weighted by Gasteiger charge is 2.40. The van der Waals surface area contributed by atoms with E-state index in [1.54, 1.807) is 0 Å². The molecule has 0 bridgehead atoms. The van der Waals surface area contributed by atoms with Crippen LogP contribution in [0.25, 0.3) is 10.9 Å². The summed E-state index contributed by atoms with van der Waals surface area (Å²) < 4.78 is 33.2. The number of nitrogens with zero attached hydrogens (tertiary/aromatic N) is 3. The molecule has 0 radical (unpaired) electrons. The van der Waals surface area contributed by atoms with E-state index in [9.17, 15) is 18.7 Å². The smallest absolute Gasteiger partial charge is 0.271 e. The first-order chi connectivity index (χ1) is 13.0. The Kier molecular flexibility index (Phi) is 3.55. The van der Waals surface area contributed by atoms with Gasteiger partial charge in [-0.05, 0) is 31.0 Å². The normalized spacial score (nSPS) is 22.7. The lowest BCUT2D eigenvalue weighted by atomic mass is 10.2. The van der Waals surface area contributed by atoms with Gasteiger partial charge in [0.1, 0.15) is 23.4 Å². The van der Waals surface area contributed by atoms with Crippen LogP contribution in [0.5, 0.6) is 0 Å². The van der Waals surface area contributed by atoms with Crippen molar-refractivity contribution in [3.8, 4) is 0 Å². The van der Waals surface area contributed by atoms with Gasteiger partial charge in [0.2, 0.25) is 5.89 Å². The fourth-order valence-corrected chi connectivity index (χ4v) is 3.58. The predicted molar refractivity (Wildman–Crippen MR) is 88.9 cm³/mol. The van der Waals surface area contributed by atoms with E-state index in [0.29, 0.717) is 11.7 Å². The Labute approximate surface area is 152 Å². The van der Waals surface area contributed by atoms with E-state index < -0.39 is 29.7 Å². The van der Waals surface area contributed by atoms with E-state index in [2.05, 4.69) is 15.1 Å². The number of aliphatic hydroxyl groups is 1. The maximum Gasteiger partial charge on any atom is 0.271 e. The number of rotatable bonds is 3. The zero-order valence-corrected chi connectivity index (χ0v) is 14.2. The summed E-state index contributed by atoms with van der Waals surface area (Å²) in [6.07, 6.45) is 1.55. The first kappa shape index (κ1) is 16.4. The molecule has 3 aromatic rings. The zero-order chi connectivity index (χ0) is 18.7. The standard InChI is InChI=1S/C18H16F2N4O3/c19-11-3-4-12(20)15-10(11)6-13(21-15)18(26)24-7-9(25)5-14(24)17-22-16(23-27-17)8-1-2-8/h3-4,6,8-9,14,21,25H,1-2,5,7H2/t9-,14+/m1/s1. The Morgan fingerprint density at radius 3 is 2.81 bits per heavy atom. The molecule has 1 aliphatic carbocycles. The van der Waals surface area contributed by atoms with Crippen molar-refractivity contribution in [1.82, 2.24) is 20.0 Å². The second kappa shape index (κ2) is 5.85. The molecule has 140 valence electrons. The van der Waals surface area contributed by atoms with Crippen molar-refractivity contribution in [3.63, 3.8) is 0 Å². The quantitative estimate of drug-likeness (QED) is 0.735. The van der Waals surface area contributed by atoms with Gasteiger partial charge in [0, 0.05) is 24.3 Å². The Balaban J connectivity index is 1.48. The van der Waals surface area contributed by atoms with Crippen LogP contribution in [-0.2, 0) is 0 Å². The molecule has 5 rings (SSSR count).